The van der Waals surface area contributed by atoms with Gasteiger partial charge in [0, 0.05) is 6.92 Å². The number of rotatable bonds is 2. The quantitative estimate of drug-likeness (QED) is 0.666. The monoisotopic (exact) mass is 268 g/mol. The molecule has 2 aromatic rings. The van der Waals surface area contributed by atoms with Crippen molar-refractivity contribution < 1.29 is 9.30 Å². The molecule has 0 fully saturated rings. The van der Waals surface area contributed by atoms with E-state index in [2.05, 4.69) is 25.9 Å². The fourth-order valence-electron chi connectivity index (χ4n) is 1.35. The minimum absolute atomic E-state index is 0.591. The van der Waals surface area contributed by atoms with Gasteiger partial charge in [0.2, 0.25) is 6.33 Å². The molecular formula is C10H11BrN3O+. The Bertz CT molecular complexity index is 481. The molecule has 15 heavy (non-hydrogen) atoms. The fourth-order valence-corrected chi connectivity index (χ4v) is 1.64. The van der Waals surface area contributed by atoms with E-state index < -0.39 is 0 Å². The van der Waals surface area contributed by atoms with Crippen molar-refractivity contribution in [2.75, 3.05) is 7.11 Å². The smallest absolute Gasteiger partial charge is 0.263 e. The lowest BCUT2D eigenvalue weighted by Gasteiger charge is -2.03. The summed E-state index contributed by atoms with van der Waals surface area (Å²) in [6.45, 7) is 2.00. The van der Waals surface area contributed by atoms with Gasteiger partial charge in [-0.15, -0.1) is 0 Å². The van der Waals surface area contributed by atoms with Gasteiger partial charge in [0.05, 0.1) is 7.11 Å². The number of halogens is 1. The number of nitrogens with zero attached hydrogens (tertiary/aromatic N) is 2. The van der Waals surface area contributed by atoms with Crippen molar-refractivity contribution in [1.82, 2.24) is 9.97 Å². The van der Waals surface area contributed by atoms with Crippen LogP contribution < -0.4 is 9.30 Å². The summed E-state index contributed by atoms with van der Waals surface area (Å²) in [4.78, 5) is 7.34. The summed E-state index contributed by atoms with van der Waals surface area (Å²) < 4.78 is 7.91. The van der Waals surface area contributed by atoms with E-state index >= 15 is 0 Å². The van der Waals surface area contributed by atoms with Crippen molar-refractivity contribution in [3.8, 4) is 11.6 Å². The molecule has 0 aliphatic carbocycles. The third-order valence-corrected chi connectivity index (χ3v) is 2.48. The molecule has 2 heterocycles. The third-order valence-electron chi connectivity index (χ3n) is 2.04. The van der Waals surface area contributed by atoms with Crippen LogP contribution in [0.3, 0.4) is 0 Å². The Morgan fingerprint density at radius 1 is 1.47 bits per heavy atom. The number of H-pyrrole nitrogens is 1. The molecule has 0 aromatic carbocycles. The average Bonchev–Trinajstić information content (AvgIpc) is 2.64. The molecule has 2 aromatic heterocycles. The highest BCUT2D eigenvalue weighted by atomic mass is 79.9. The van der Waals surface area contributed by atoms with Crippen LogP contribution in [0.1, 0.15) is 5.69 Å². The lowest BCUT2D eigenvalue weighted by molar-refractivity contribution is -0.595. The van der Waals surface area contributed by atoms with Crippen LogP contribution in [0.2, 0.25) is 0 Å². The first-order valence-electron chi connectivity index (χ1n) is 4.48. The Morgan fingerprint density at radius 3 is 2.87 bits per heavy atom. The van der Waals surface area contributed by atoms with E-state index in [1.165, 1.54) is 0 Å². The number of aryl methyl sites for hydroxylation is 1. The highest BCUT2D eigenvalue weighted by Crippen LogP contribution is 2.18. The van der Waals surface area contributed by atoms with Gasteiger partial charge < -0.3 is 4.74 Å². The van der Waals surface area contributed by atoms with Gasteiger partial charge >= 0.3 is 0 Å². The molecule has 2 rings (SSSR count). The van der Waals surface area contributed by atoms with Crippen LogP contribution >= 0.6 is 15.9 Å². The summed E-state index contributed by atoms with van der Waals surface area (Å²) in [7, 11) is 1.61. The van der Waals surface area contributed by atoms with Crippen molar-refractivity contribution in [3.05, 3.63) is 35.0 Å². The summed E-state index contributed by atoms with van der Waals surface area (Å²) in [6.07, 6.45) is 3.84. The Morgan fingerprint density at radius 2 is 2.27 bits per heavy atom. The molecule has 4 nitrogen and oxygen atoms in total. The SMILES string of the molecule is COc1nc(Br)ccc1-[n+]1c[nH]c(C)c1. The summed E-state index contributed by atoms with van der Waals surface area (Å²) in [5.74, 6) is 0.591. The van der Waals surface area contributed by atoms with Crippen molar-refractivity contribution in [3.63, 3.8) is 0 Å². The minimum atomic E-state index is 0.591. The van der Waals surface area contributed by atoms with Gasteiger partial charge in [0.1, 0.15) is 16.5 Å². The van der Waals surface area contributed by atoms with E-state index in [0.29, 0.717) is 5.88 Å². The number of hydrogen-bond acceptors (Lipinski definition) is 2. The van der Waals surface area contributed by atoms with Gasteiger partial charge in [-0.25, -0.2) is 9.97 Å². The Kier molecular flexibility index (Phi) is 2.73. The summed E-state index contributed by atoms with van der Waals surface area (Å²) in [5, 5.41) is 0. The summed E-state index contributed by atoms with van der Waals surface area (Å²) in [6, 6.07) is 3.83. The van der Waals surface area contributed by atoms with E-state index in [4.69, 9.17) is 4.74 Å². The van der Waals surface area contributed by atoms with Crippen molar-refractivity contribution in [2.24, 2.45) is 0 Å². The molecule has 0 unspecified atom stereocenters. The number of methoxy groups -OCH3 is 1. The maximum absolute atomic E-state index is 5.21. The van der Waals surface area contributed by atoms with Crippen molar-refractivity contribution in [1.29, 1.82) is 0 Å². The number of nitrogens with one attached hydrogen (secondary N) is 1. The van der Waals surface area contributed by atoms with Gasteiger partial charge in [-0.1, -0.05) is 0 Å². The Hall–Kier alpha value is -1.36. The third kappa shape index (κ3) is 2.02. The predicted molar refractivity (Wildman–Crippen MR) is 59.1 cm³/mol. The average molecular weight is 269 g/mol. The van der Waals surface area contributed by atoms with Gasteiger partial charge in [0.15, 0.2) is 5.69 Å². The van der Waals surface area contributed by atoms with E-state index in [1.54, 1.807) is 7.11 Å². The maximum atomic E-state index is 5.21. The number of pyridine rings is 1. The lowest BCUT2D eigenvalue weighted by atomic mass is 10.4. The molecule has 1 N–H and O–H groups in total. The molecule has 0 aliphatic rings. The van der Waals surface area contributed by atoms with Crippen LogP contribution in [-0.2, 0) is 0 Å². The minimum Gasteiger partial charge on any atom is -0.478 e. The van der Waals surface area contributed by atoms with Crippen LogP contribution in [-0.4, -0.2) is 17.1 Å². The number of aromatic amines is 1. The maximum Gasteiger partial charge on any atom is 0.263 e. The second-order valence-corrected chi connectivity index (χ2v) is 3.97. The molecule has 0 spiro atoms. The zero-order valence-corrected chi connectivity index (χ0v) is 10.1. The molecule has 0 amide bonds. The molecule has 0 saturated heterocycles. The standard InChI is InChI=1S/C10H10BrN3O/c1-7-5-14(6-12-7)8-3-4-9(11)13-10(8)15-2/h3-6H,1-2H3/p+1. The normalized spacial score (nSPS) is 10.3. The zero-order chi connectivity index (χ0) is 10.8. The van der Waals surface area contributed by atoms with Gasteiger partial charge in [-0.05, 0) is 28.1 Å². The summed E-state index contributed by atoms with van der Waals surface area (Å²) in [5.41, 5.74) is 1.99. The first kappa shape index (κ1) is 10.2. The molecular weight excluding hydrogens is 258 g/mol. The van der Waals surface area contributed by atoms with Gasteiger partial charge in [-0.3, -0.25) is 0 Å². The molecule has 0 bridgehead atoms. The molecule has 78 valence electrons. The van der Waals surface area contributed by atoms with E-state index in [9.17, 15) is 0 Å². The second kappa shape index (κ2) is 4.02. The van der Waals surface area contributed by atoms with Crippen LogP contribution in [0.5, 0.6) is 5.88 Å². The van der Waals surface area contributed by atoms with Crippen LogP contribution in [0.15, 0.2) is 29.3 Å². The number of ether oxygens (including phenoxy) is 1. The number of hydrogen-bond donors (Lipinski definition) is 1. The molecule has 5 heteroatoms. The van der Waals surface area contributed by atoms with Crippen LogP contribution in [0.25, 0.3) is 5.69 Å². The van der Waals surface area contributed by atoms with Gasteiger partial charge in [0.25, 0.3) is 5.88 Å². The molecule has 0 radical (unpaired) electrons. The zero-order valence-electron chi connectivity index (χ0n) is 8.49. The van der Waals surface area contributed by atoms with Crippen LogP contribution in [0.4, 0.5) is 0 Å². The largest absolute Gasteiger partial charge is 0.478 e. The Balaban J connectivity index is 2.52. The van der Waals surface area contributed by atoms with Gasteiger partial charge in [-0.2, -0.15) is 4.57 Å². The summed E-state index contributed by atoms with van der Waals surface area (Å²) >= 11 is 3.31. The number of aromatic nitrogens is 3. The fraction of sp³-hybridized carbons (Fsp3) is 0.200. The lowest BCUT2D eigenvalue weighted by Crippen LogP contribution is -2.28. The van der Waals surface area contributed by atoms with Crippen molar-refractivity contribution in [2.45, 2.75) is 6.92 Å². The Labute approximate surface area is 96.1 Å². The highest BCUT2D eigenvalue weighted by molar-refractivity contribution is 9.10. The first-order valence-corrected chi connectivity index (χ1v) is 5.27. The highest BCUT2D eigenvalue weighted by Gasteiger charge is 2.12. The first-order chi connectivity index (χ1) is 7.20. The molecule has 0 aliphatic heterocycles. The second-order valence-electron chi connectivity index (χ2n) is 3.16. The van der Waals surface area contributed by atoms with Crippen LogP contribution in [0, 0.1) is 6.92 Å². The van der Waals surface area contributed by atoms with Crippen molar-refractivity contribution >= 4 is 15.9 Å². The molecule has 0 atom stereocenters. The topological polar surface area (TPSA) is 41.8 Å². The number of imidazole rings is 1. The molecule has 0 saturated carbocycles. The van der Waals surface area contributed by atoms with E-state index in [-0.39, 0.29) is 0 Å². The van der Waals surface area contributed by atoms with E-state index in [0.717, 1.165) is 16.0 Å². The predicted octanol–water partition coefficient (Wildman–Crippen LogP) is 1.77. The van der Waals surface area contributed by atoms with E-state index in [1.807, 2.05) is 36.1 Å².